The molecule has 4 heteroatoms. The number of carbonyl (C=O) groups excluding carboxylic acids is 1. The van der Waals surface area contributed by atoms with Crippen LogP contribution in [-0.4, -0.2) is 25.4 Å². The number of hydrogen-bond donors (Lipinski definition) is 0. The van der Waals surface area contributed by atoms with E-state index in [1.807, 2.05) is 19.1 Å². The Morgan fingerprint density at radius 1 is 1.21 bits per heavy atom. The van der Waals surface area contributed by atoms with Gasteiger partial charge in [-0.15, -0.1) is 0 Å². The van der Waals surface area contributed by atoms with Gasteiger partial charge in [-0.2, -0.15) is 0 Å². The molecule has 0 bridgehead atoms. The number of hydrogen-bond acceptors (Lipinski definition) is 3. The lowest BCUT2D eigenvalue weighted by Gasteiger charge is -2.16. The highest BCUT2D eigenvalue weighted by Gasteiger charge is 2.16. The van der Waals surface area contributed by atoms with Crippen molar-refractivity contribution in [1.82, 2.24) is 5.23 Å². The number of nitrogens with zero attached hydrogens (tertiary/aromatic N) is 1. The van der Waals surface area contributed by atoms with E-state index in [2.05, 4.69) is 0 Å². The predicted octanol–water partition coefficient (Wildman–Crippen LogP) is 1.56. The molecule has 0 spiro atoms. The molecular formula is C10H13NO3. The lowest BCUT2D eigenvalue weighted by molar-refractivity contribution is -0.299. The number of aryl methyl sites for hydroxylation is 1. The zero-order valence-electron chi connectivity index (χ0n) is 8.48. The lowest BCUT2D eigenvalue weighted by Crippen LogP contribution is -2.29. The molecule has 0 aliphatic rings. The number of rotatable bonds is 3. The zero-order chi connectivity index (χ0) is 10.6. The first kappa shape index (κ1) is 10.7. The van der Waals surface area contributed by atoms with E-state index in [1.165, 1.54) is 14.2 Å². The average molecular weight is 195 g/mol. The molecule has 0 aliphatic heterocycles. The minimum absolute atomic E-state index is 0.312. The van der Waals surface area contributed by atoms with Gasteiger partial charge in [-0.3, -0.25) is 4.79 Å². The Kier molecular flexibility index (Phi) is 3.62. The summed E-state index contributed by atoms with van der Waals surface area (Å²) in [6, 6.07) is 7.25. The number of carbonyl (C=O) groups is 1. The fourth-order valence-electron chi connectivity index (χ4n) is 1.15. The minimum Gasteiger partial charge on any atom is -0.264 e. The van der Waals surface area contributed by atoms with Crippen LogP contribution in [0.15, 0.2) is 24.3 Å². The van der Waals surface area contributed by atoms with Crippen molar-refractivity contribution in [3.05, 3.63) is 35.4 Å². The van der Waals surface area contributed by atoms with Gasteiger partial charge >= 0.3 is 5.91 Å². The van der Waals surface area contributed by atoms with E-state index in [1.54, 1.807) is 12.1 Å². The highest BCUT2D eigenvalue weighted by atomic mass is 16.9. The molecule has 0 atom stereocenters. The number of benzene rings is 1. The van der Waals surface area contributed by atoms with Crippen molar-refractivity contribution in [3.63, 3.8) is 0 Å². The van der Waals surface area contributed by atoms with E-state index in [0.717, 1.165) is 10.8 Å². The summed E-state index contributed by atoms with van der Waals surface area (Å²) in [4.78, 5) is 21.2. The molecule has 1 aromatic rings. The molecule has 1 aromatic carbocycles. The third kappa shape index (κ3) is 2.10. The van der Waals surface area contributed by atoms with Crippen molar-refractivity contribution in [2.45, 2.75) is 6.92 Å². The van der Waals surface area contributed by atoms with E-state index in [-0.39, 0.29) is 5.91 Å². The molecule has 1 amide bonds. The van der Waals surface area contributed by atoms with Gasteiger partial charge in [0.25, 0.3) is 0 Å². The molecule has 0 radical (unpaired) electrons. The molecule has 1 rings (SSSR count). The first-order valence-corrected chi connectivity index (χ1v) is 4.19. The fraction of sp³-hybridized carbons (Fsp3) is 0.300. The Balaban J connectivity index is 2.94. The van der Waals surface area contributed by atoms with E-state index < -0.39 is 0 Å². The van der Waals surface area contributed by atoms with Crippen LogP contribution in [0.3, 0.4) is 0 Å². The molecule has 0 saturated carbocycles. The topological polar surface area (TPSA) is 38.8 Å². The maximum absolute atomic E-state index is 11.7. The predicted molar refractivity (Wildman–Crippen MR) is 51.4 cm³/mol. The monoisotopic (exact) mass is 195 g/mol. The summed E-state index contributed by atoms with van der Waals surface area (Å²) >= 11 is 0. The van der Waals surface area contributed by atoms with Crippen LogP contribution < -0.4 is 0 Å². The molecule has 0 unspecified atom stereocenters. The summed E-state index contributed by atoms with van der Waals surface area (Å²) in [6.07, 6.45) is 0. The van der Waals surface area contributed by atoms with Gasteiger partial charge < -0.3 is 0 Å². The summed E-state index contributed by atoms with van der Waals surface area (Å²) in [5, 5.41) is 0.836. The second-order valence-corrected chi connectivity index (χ2v) is 2.74. The van der Waals surface area contributed by atoms with Crippen molar-refractivity contribution in [2.75, 3.05) is 14.2 Å². The van der Waals surface area contributed by atoms with Crippen LogP contribution >= 0.6 is 0 Å². The van der Waals surface area contributed by atoms with Crippen LogP contribution in [0.4, 0.5) is 0 Å². The molecule has 0 saturated heterocycles. The van der Waals surface area contributed by atoms with Crippen molar-refractivity contribution in [2.24, 2.45) is 0 Å². The van der Waals surface area contributed by atoms with Gasteiger partial charge in [-0.05, 0) is 18.6 Å². The highest BCUT2D eigenvalue weighted by Crippen LogP contribution is 2.10. The van der Waals surface area contributed by atoms with Crippen LogP contribution in [0, 0.1) is 6.92 Å². The van der Waals surface area contributed by atoms with Gasteiger partial charge in [-0.1, -0.05) is 23.4 Å². The fourth-order valence-corrected chi connectivity index (χ4v) is 1.15. The molecule has 0 N–H and O–H groups in total. The van der Waals surface area contributed by atoms with Crippen molar-refractivity contribution >= 4 is 5.91 Å². The zero-order valence-corrected chi connectivity index (χ0v) is 8.48. The number of amides is 1. The van der Waals surface area contributed by atoms with E-state index in [0.29, 0.717) is 5.56 Å². The Morgan fingerprint density at radius 2 is 1.79 bits per heavy atom. The number of hydroxylamine groups is 2. The first-order valence-electron chi connectivity index (χ1n) is 4.19. The van der Waals surface area contributed by atoms with E-state index in [4.69, 9.17) is 9.68 Å². The van der Waals surface area contributed by atoms with Gasteiger partial charge in [-0.25, -0.2) is 9.68 Å². The second-order valence-electron chi connectivity index (χ2n) is 2.74. The normalized spacial score (nSPS) is 9.93. The summed E-state index contributed by atoms with van der Waals surface area (Å²) < 4.78 is 0. The largest absolute Gasteiger partial charge is 0.304 e. The van der Waals surface area contributed by atoms with Crippen LogP contribution in [0.2, 0.25) is 0 Å². The smallest absolute Gasteiger partial charge is 0.264 e. The second kappa shape index (κ2) is 4.74. The third-order valence-corrected chi connectivity index (χ3v) is 1.87. The molecular weight excluding hydrogens is 182 g/mol. The van der Waals surface area contributed by atoms with Gasteiger partial charge in [0.15, 0.2) is 0 Å². The Morgan fingerprint density at radius 3 is 2.29 bits per heavy atom. The highest BCUT2D eigenvalue weighted by molar-refractivity contribution is 5.94. The van der Waals surface area contributed by atoms with Gasteiger partial charge in [0.1, 0.15) is 0 Å². The molecule has 0 heterocycles. The summed E-state index contributed by atoms with van der Waals surface area (Å²) in [6.45, 7) is 1.86. The van der Waals surface area contributed by atoms with Crippen LogP contribution in [-0.2, 0) is 9.68 Å². The Labute approximate surface area is 82.9 Å². The molecule has 0 aliphatic carbocycles. The molecule has 0 aromatic heterocycles. The summed E-state index contributed by atoms with van der Waals surface area (Å²) in [5.74, 6) is -0.312. The molecule has 76 valence electrons. The third-order valence-electron chi connectivity index (χ3n) is 1.87. The Bertz CT molecular complexity index is 321. The standard InChI is InChI=1S/C10H13NO3/c1-8-6-4-5-7-9(8)10(12)11(13-2)14-3/h4-7H,1-3H3. The summed E-state index contributed by atoms with van der Waals surface area (Å²) in [5.41, 5.74) is 1.45. The SMILES string of the molecule is CON(OC)C(=O)c1ccccc1C. The minimum atomic E-state index is -0.312. The van der Waals surface area contributed by atoms with Crippen molar-refractivity contribution in [3.8, 4) is 0 Å². The average Bonchev–Trinajstić information content (AvgIpc) is 2.20. The Hall–Kier alpha value is -1.39. The first-order chi connectivity index (χ1) is 6.70. The quantitative estimate of drug-likeness (QED) is 0.687. The van der Waals surface area contributed by atoms with Gasteiger partial charge in [0.2, 0.25) is 0 Å². The van der Waals surface area contributed by atoms with Crippen LogP contribution in [0.5, 0.6) is 0 Å². The maximum Gasteiger partial charge on any atom is 0.304 e. The van der Waals surface area contributed by atoms with Crippen LogP contribution in [0.1, 0.15) is 15.9 Å². The van der Waals surface area contributed by atoms with Gasteiger partial charge in [0.05, 0.1) is 14.2 Å². The maximum atomic E-state index is 11.7. The summed E-state index contributed by atoms with van der Waals surface area (Å²) in [7, 11) is 2.75. The van der Waals surface area contributed by atoms with Crippen molar-refractivity contribution in [1.29, 1.82) is 0 Å². The van der Waals surface area contributed by atoms with E-state index >= 15 is 0 Å². The van der Waals surface area contributed by atoms with Crippen LogP contribution in [0.25, 0.3) is 0 Å². The molecule has 14 heavy (non-hydrogen) atoms. The van der Waals surface area contributed by atoms with Crippen molar-refractivity contribution < 1.29 is 14.5 Å². The van der Waals surface area contributed by atoms with E-state index in [9.17, 15) is 4.79 Å². The molecule has 0 fully saturated rings. The molecule has 4 nitrogen and oxygen atoms in total. The van der Waals surface area contributed by atoms with Gasteiger partial charge in [0, 0.05) is 5.56 Å². The lowest BCUT2D eigenvalue weighted by atomic mass is 10.1.